The number of ether oxygens (including phenoxy) is 2. The van der Waals surface area contributed by atoms with Gasteiger partial charge in [0.1, 0.15) is 5.75 Å². The van der Waals surface area contributed by atoms with Gasteiger partial charge in [0, 0.05) is 37.6 Å². The molecule has 0 spiro atoms. The Morgan fingerprint density at radius 2 is 1.92 bits per heavy atom. The van der Waals surface area contributed by atoms with Crippen molar-refractivity contribution in [2.75, 3.05) is 33.4 Å². The molecule has 0 saturated heterocycles. The lowest BCUT2D eigenvalue weighted by atomic mass is 10.2. The number of aromatic nitrogens is 1. The van der Waals surface area contributed by atoms with Crippen molar-refractivity contribution in [2.24, 2.45) is 4.99 Å². The average Bonchev–Trinajstić information content (AvgIpc) is 3.15. The molecule has 0 bridgehead atoms. The second-order valence-corrected chi connectivity index (χ2v) is 5.47. The van der Waals surface area contributed by atoms with Crippen molar-refractivity contribution < 1.29 is 9.47 Å². The maximum Gasteiger partial charge on any atom is 0.191 e. The van der Waals surface area contributed by atoms with Crippen LogP contribution in [0.5, 0.6) is 5.75 Å². The Morgan fingerprint density at radius 1 is 1.12 bits per heavy atom. The van der Waals surface area contributed by atoms with E-state index in [1.165, 1.54) is 0 Å². The summed E-state index contributed by atoms with van der Waals surface area (Å²) < 4.78 is 13.2. The van der Waals surface area contributed by atoms with Crippen molar-refractivity contribution in [3.8, 4) is 5.75 Å². The molecule has 0 saturated carbocycles. The second kappa shape index (κ2) is 11.1. The van der Waals surface area contributed by atoms with E-state index in [-0.39, 0.29) is 0 Å². The average molecular weight is 344 g/mol. The molecule has 0 atom stereocenters. The van der Waals surface area contributed by atoms with Crippen LogP contribution in [0, 0.1) is 0 Å². The first-order valence-corrected chi connectivity index (χ1v) is 8.66. The van der Waals surface area contributed by atoms with E-state index in [4.69, 9.17) is 9.47 Å². The Balaban J connectivity index is 1.69. The lowest BCUT2D eigenvalue weighted by molar-refractivity contribution is 0.126. The zero-order valence-electron chi connectivity index (χ0n) is 15.1. The maximum absolute atomic E-state index is 5.71. The van der Waals surface area contributed by atoms with Gasteiger partial charge < -0.3 is 24.7 Å². The molecule has 2 aromatic rings. The Kier molecular flexibility index (Phi) is 8.41. The molecule has 0 fully saturated rings. The molecule has 0 aliphatic rings. The topological polar surface area (TPSA) is 59.8 Å². The summed E-state index contributed by atoms with van der Waals surface area (Å²) in [5.41, 5.74) is 1.05. The summed E-state index contributed by atoms with van der Waals surface area (Å²) in [7, 11) is 1.67. The van der Waals surface area contributed by atoms with Crippen LogP contribution in [-0.2, 0) is 17.9 Å². The summed E-state index contributed by atoms with van der Waals surface area (Å²) in [6, 6.07) is 11.9. The first-order valence-electron chi connectivity index (χ1n) is 8.66. The third kappa shape index (κ3) is 6.89. The van der Waals surface area contributed by atoms with Crippen LogP contribution < -0.4 is 15.4 Å². The van der Waals surface area contributed by atoms with Crippen molar-refractivity contribution in [3.63, 3.8) is 0 Å². The summed E-state index contributed by atoms with van der Waals surface area (Å²) in [5, 5.41) is 6.57. The van der Waals surface area contributed by atoms with Crippen LogP contribution in [0.15, 0.2) is 53.8 Å². The molecule has 0 aliphatic heterocycles. The maximum atomic E-state index is 5.71. The molecule has 136 valence electrons. The minimum absolute atomic E-state index is 0.525. The first kappa shape index (κ1) is 18.9. The smallest absolute Gasteiger partial charge is 0.191 e. The van der Waals surface area contributed by atoms with Gasteiger partial charge in [0.15, 0.2) is 5.96 Å². The minimum atomic E-state index is 0.525. The standard InChI is InChI=1S/C19H28N4O2/c1-3-20-19(21-10-14-23-12-6-7-13-23)22-11-15-25-16-17-8-4-5-9-18(17)24-2/h4-9,12-13H,3,10-11,14-16H2,1-2H3,(H2,20,21,22). The number of hydrogen-bond donors (Lipinski definition) is 2. The van der Waals surface area contributed by atoms with Gasteiger partial charge in [0.25, 0.3) is 0 Å². The van der Waals surface area contributed by atoms with Crippen LogP contribution in [0.4, 0.5) is 0 Å². The number of nitrogens with one attached hydrogen (secondary N) is 2. The van der Waals surface area contributed by atoms with E-state index in [0.29, 0.717) is 19.8 Å². The van der Waals surface area contributed by atoms with E-state index in [0.717, 1.165) is 36.9 Å². The van der Waals surface area contributed by atoms with E-state index >= 15 is 0 Å². The van der Waals surface area contributed by atoms with E-state index in [1.807, 2.05) is 36.4 Å². The molecule has 6 heteroatoms. The Morgan fingerprint density at radius 3 is 2.68 bits per heavy atom. The van der Waals surface area contributed by atoms with Crippen molar-refractivity contribution in [1.29, 1.82) is 0 Å². The lowest BCUT2D eigenvalue weighted by Crippen LogP contribution is -2.39. The normalized spacial score (nSPS) is 11.4. The highest BCUT2D eigenvalue weighted by molar-refractivity contribution is 5.79. The van der Waals surface area contributed by atoms with Gasteiger partial charge in [-0.1, -0.05) is 18.2 Å². The molecular weight excluding hydrogens is 316 g/mol. The molecule has 25 heavy (non-hydrogen) atoms. The fourth-order valence-electron chi connectivity index (χ4n) is 2.39. The SMILES string of the molecule is CCNC(=NCCOCc1ccccc1OC)NCCn1cccc1. The molecule has 0 radical (unpaired) electrons. The number of guanidine groups is 1. The fraction of sp³-hybridized carbons (Fsp3) is 0.421. The lowest BCUT2D eigenvalue weighted by Gasteiger charge is -2.12. The second-order valence-electron chi connectivity index (χ2n) is 5.47. The Hall–Kier alpha value is -2.47. The molecule has 1 heterocycles. The van der Waals surface area contributed by atoms with Gasteiger partial charge >= 0.3 is 0 Å². The molecule has 6 nitrogen and oxygen atoms in total. The third-order valence-corrected chi connectivity index (χ3v) is 3.63. The van der Waals surface area contributed by atoms with Crippen molar-refractivity contribution in [1.82, 2.24) is 15.2 Å². The van der Waals surface area contributed by atoms with Gasteiger partial charge in [0.05, 0.1) is 26.9 Å². The summed E-state index contributed by atoms with van der Waals surface area (Å²) in [5.74, 6) is 1.67. The number of benzene rings is 1. The van der Waals surface area contributed by atoms with Crippen LogP contribution >= 0.6 is 0 Å². The van der Waals surface area contributed by atoms with E-state index < -0.39 is 0 Å². The molecule has 2 rings (SSSR count). The van der Waals surface area contributed by atoms with E-state index in [9.17, 15) is 0 Å². The molecule has 1 aromatic carbocycles. The highest BCUT2D eigenvalue weighted by Gasteiger charge is 2.01. The van der Waals surface area contributed by atoms with Gasteiger partial charge in [0.2, 0.25) is 0 Å². The molecule has 1 aromatic heterocycles. The number of para-hydroxylation sites is 1. The summed E-state index contributed by atoms with van der Waals surface area (Å²) in [6.45, 7) is 6.31. The molecule has 2 N–H and O–H groups in total. The Labute approximate surface area is 149 Å². The molecular formula is C19H28N4O2. The van der Waals surface area contributed by atoms with Gasteiger partial charge in [-0.15, -0.1) is 0 Å². The van der Waals surface area contributed by atoms with Gasteiger partial charge in [-0.05, 0) is 25.1 Å². The zero-order valence-corrected chi connectivity index (χ0v) is 15.1. The highest BCUT2D eigenvalue weighted by Crippen LogP contribution is 2.17. The fourth-order valence-corrected chi connectivity index (χ4v) is 2.39. The van der Waals surface area contributed by atoms with Gasteiger partial charge in [-0.2, -0.15) is 0 Å². The van der Waals surface area contributed by atoms with E-state index in [2.05, 4.69) is 39.5 Å². The van der Waals surface area contributed by atoms with Crippen molar-refractivity contribution in [2.45, 2.75) is 20.1 Å². The minimum Gasteiger partial charge on any atom is -0.496 e. The number of hydrogen-bond acceptors (Lipinski definition) is 3. The predicted octanol–water partition coefficient (Wildman–Crippen LogP) is 2.27. The predicted molar refractivity (Wildman–Crippen MR) is 101 cm³/mol. The number of rotatable bonds is 10. The number of methoxy groups -OCH3 is 1. The summed E-state index contributed by atoms with van der Waals surface area (Å²) in [4.78, 5) is 4.53. The third-order valence-electron chi connectivity index (χ3n) is 3.63. The molecule has 0 amide bonds. The highest BCUT2D eigenvalue weighted by atomic mass is 16.5. The van der Waals surface area contributed by atoms with E-state index in [1.54, 1.807) is 7.11 Å². The first-order chi connectivity index (χ1) is 12.3. The molecule has 0 unspecified atom stereocenters. The van der Waals surface area contributed by atoms with Crippen LogP contribution in [0.25, 0.3) is 0 Å². The van der Waals surface area contributed by atoms with Gasteiger partial charge in [-0.25, -0.2) is 0 Å². The molecule has 0 aliphatic carbocycles. The monoisotopic (exact) mass is 344 g/mol. The quantitative estimate of drug-likeness (QED) is 0.394. The zero-order chi connectivity index (χ0) is 17.7. The van der Waals surface area contributed by atoms with Crippen molar-refractivity contribution >= 4 is 5.96 Å². The van der Waals surface area contributed by atoms with Gasteiger partial charge in [-0.3, -0.25) is 4.99 Å². The van der Waals surface area contributed by atoms with Crippen LogP contribution in [0.3, 0.4) is 0 Å². The van der Waals surface area contributed by atoms with Crippen LogP contribution in [0.1, 0.15) is 12.5 Å². The van der Waals surface area contributed by atoms with Crippen LogP contribution in [-0.4, -0.2) is 43.9 Å². The summed E-state index contributed by atoms with van der Waals surface area (Å²) in [6.07, 6.45) is 4.11. The Bertz CT molecular complexity index is 626. The van der Waals surface area contributed by atoms with Crippen LogP contribution in [0.2, 0.25) is 0 Å². The summed E-state index contributed by atoms with van der Waals surface area (Å²) >= 11 is 0. The van der Waals surface area contributed by atoms with Crippen molar-refractivity contribution in [3.05, 3.63) is 54.4 Å². The number of nitrogens with zero attached hydrogens (tertiary/aromatic N) is 2. The largest absolute Gasteiger partial charge is 0.496 e. The number of aliphatic imine (C=N–C) groups is 1.